The summed E-state index contributed by atoms with van der Waals surface area (Å²) in [6.07, 6.45) is 1.78. The van der Waals surface area contributed by atoms with E-state index in [0.29, 0.717) is 19.1 Å². The van der Waals surface area contributed by atoms with Crippen molar-refractivity contribution in [2.75, 3.05) is 45.7 Å². The molecule has 8 heteroatoms. The van der Waals surface area contributed by atoms with Crippen LogP contribution in [0, 0.1) is 5.92 Å². The maximum absolute atomic E-state index is 12.7. The number of likely N-dealkylation sites (tertiary alicyclic amines) is 1. The van der Waals surface area contributed by atoms with Crippen molar-refractivity contribution in [3.05, 3.63) is 22.1 Å². The molecule has 144 valence electrons. The smallest absolute Gasteiger partial charge is 0.252 e. The highest BCUT2D eigenvalue weighted by Crippen LogP contribution is 2.26. The zero-order valence-electron chi connectivity index (χ0n) is 16.1. The monoisotopic (exact) mass is 363 g/mol. The van der Waals surface area contributed by atoms with E-state index in [-0.39, 0.29) is 29.5 Å². The number of likely N-dealkylation sites (N-methyl/N-ethyl adjacent to an activating group) is 1. The maximum Gasteiger partial charge on any atom is 0.252 e. The van der Waals surface area contributed by atoms with Gasteiger partial charge in [0.05, 0.1) is 17.7 Å². The largest absolute Gasteiger partial charge is 0.378 e. The van der Waals surface area contributed by atoms with E-state index in [2.05, 4.69) is 14.9 Å². The Morgan fingerprint density at radius 2 is 2.15 bits per heavy atom. The zero-order valence-corrected chi connectivity index (χ0v) is 16.1. The van der Waals surface area contributed by atoms with Crippen molar-refractivity contribution in [1.29, 1.82) is 0 Å². The summed E-state index contributed by atoms with van der Waals surface area (Å²) >= 11 is 0. The third kappa shape index (κ3) is 4.07. The second kappa shape index (κ2) is 7.75. The predicted octanol–water partition coefficient (Wildman–Crippen LogP) is 0.294. The number of aromatic nitrogens is 2. The molecule has 2 saturated heterocycles. The SMILES string of the molecule is C[C@@H]1OCC[C@@H]1C(=O)N1CC[C@H](N(C)Cc2cc(=O)[nH]c(N(C)C)n2)C1. The number of nitrogens with one attached hydrogen (secondary N) is 1. The number of nitrogens with zero attached hydrogens (tertiary/aromatic N) is 4. The first-order valence-corrected chi connectivity index (χ1v) is 9.23. The van der Waals surface area contributed by atoms with Crippen molar-refractivity contribution in [2.24, 2.45) is 5.92 Å². The molecule has 0 aliphatic carbocycles. The fraction of sp³-hybridized carbons (Fsp3) is 0.722. The van der Waals surface area contributed by atoms with Gasteiger partial charge in [0.2, 0.25) is 11.9 Å². The van der Waals surface area contributed by atoms with Gasteiger partial charge >= 0.3 is 0 Å². The number of rotatable bonds is 5. The van der Waals surface area contributed by atoms with Crippen LogP contribution in [-0.4, -0.2) is 78.7 Å². The van der Waals surface area contributed by atoms with Crippen LogP contribution < -0.4 is 10.5 Å². The van der Waals surface area contributed by atoms with Gasteiger partial charge in [0.25, 0.3) is 5.56 Å². The molecule has 1 aromatic rings. The molecule has 0 aromatic carbocycles. The molecule has 26 heavy (non-hydrogen) atoms. The lowest BCUT2D eigenvalue weighted by Crippen LogP contribution is -2.40. The average Bonchev–Trinajstić information content (AvgIpc) is 3.22. The minimum absolute atomic E-state index is 0.00365. The summed E-state index contributed by atoms with van der Waals surface area (Å²) in [6.45, 7) is 4.75. The van der Waals surface area contributed by atoms with Gasteiger partial charge in [-0.3, -0.25) is 19.5 Å². The highest BCUT2D eigenvalue weighted by molar-refractivity contribution is 5.80. The van der Waals surface area contributed by atoms with E-state index in [1.807, 2.05) is 33.0 Å². The van der Waals surface area contributed by atoms with Crippen LogP contribution in [0.25, 0.3) is 0 Å². The molecule has 2 aliphatic rings. The molecule has 3 heterocycles. The van der Waals surface area contributed by atoms with E-state index in [0.717, 1.165) is 31.6 Å². The number of anilines is 1. The summed E-state index contributed by atoms with van der Waals surface area (Å²) in [5.41, 5.74) is 0.591. The van der Waals surface area contributed by atoms with Crippen molar-refractivity contribution in [1.82, 2.24) is 19.8 Å². The standard InChI is InChI=1S/C18H29N5O3/c1-12-15(6-8-26-12)17(25)23-7-5-14(11-23)22(4)10-13-9-16(24)20-18(19-13)21(2)3/h9,12,14-15H,5-8,10-11H2,1-4H3,(H,19,20,24)/t12-,14-,15-/m0/s1. The number of ether oxygens (including phenoxy) is 1. The van der Waals surface area contributed by atoms with Crippen molar-refractivity contribution < 1.29 is 9.53 Å². The number of hydrogen-bond donors (Lipinski definition) is 1. The molecule has 0 radical (unpaired) electrons. The molecule has 1 N–H and O–H groups in total. The Morgan fingerprint density at radius 1 is 1.38 bits per heavy atom. The van der Waals surface area contributed by atoms with E-state index in [4.69, 9.17) is 4.74 Å². The van der Waals surface area contributed by atoms with Crippen LogP contribution in [0.15, 0.2) is 10.9 Å². The van der Waals surface area contributed by atoms with Crippen LogP contribution in [0.2, 0.25) is 0 Å². The second-order valence-corrected chi connectivity index (χ2v) is 7.57. The fourth-order valence-electron chi connectivity index (χ4n) is 3.76. The number of hydrogen-bond acceptors (Lipinski definition) is 6. The normalized spacial score (nSPS) is 25.9. The highest BCUT2D eigenvalue weighted by atomic mass is 16.5. The molecule has 0 unspecified atom stereocenters. The van der Waals surface area contributed by atoms with Gasteiger partial charge in [0.15, 0.2) is 0 Å². The lowest BCUT2D eigenvalue weighted by Gasteiger charge is -2.26. The van der Waals surface area contributed by atoms with E-state index < -0.39 is 0 Å². The van der Waals surface area contributed by atoms with E-state index in [1.54, 1.807) is 11.0 Å². The number of carbonyl (C=O) groups excluding carboxylic acids is 1. The molecule has 3 rings (SSSR count). The van der Waals surface area contributed by atoms with E-state index in [1.165, 1.54) is 0 Å². The van der Waals surface area contributed by atoms with Gasteiger partial charge in [-0.1, -0.05) is 0 Å². The Labute approximate surface area is 154 Å². The molecule has 2 aliphatic heterocycles. The summed E-state index contributed by atoms with van der Waals surface area (Å²) < 4.78 is 5.54. The van der Waals surface area contributed by atoms with Gasteiger partial charge in [-0.05, 0) is 26.8 Å². The molecule has 2 fully saturated rings. The van der Waals surface area contributed by atoms with Crippen LogP contribution in [0.3, 0.4) is 0 Å². The Kier molecular flexibility index (Phi) is 5.62. The Balaban J connectivity index is 1.60. The Morgan fingerprint density at radius 3 is 2.81 bits per heavy atom. The Bertz CT molecular complexity index is 704. The maximum atomic E-state index is 12.7. The summed E-state index contributed by atoms with van der Waals surface area (Å²) in [7, 11) is 5.72. The summed E-state index contributed by atoms with van der Waals surface area (Å²) in [4.78, 5) is 37.7. The molecule has 1 aromatic heterocycles. The predicted molar refractivity (Wildman–Crippen MR) is 99.2 cm³/mol. The number of carbonyl (C=O) groups is 1. The molecular weight excluding hydrogens is 334 g/mol. The van der Waals surface area contributed by atoms with Crippen molar-refractivity contribution >= 4 is 11.9 Å². The minimum Gasteiger partial charge on any atom is -0.378 e. The van der Waals surface area contributed by atoms with Gasteiger partial charge in [0, 0.05) is 52.4 Å². The molecule has 0 saturated carbocycles. The van der Waals surface area contributed by atoms with Crippen LogP contribution in [-0.2, 0) is 16.1 Å². The highest BCUT2D eigenvalue weighted by Gasteiger charge is 2.37. The number of H-pyrrole nitrogens is 1. The van der Waals surface area contributed by atoms with Gasteiger partial charge in [0.1, 0.15) is 0 Å². The minimum atomic E-state index is -0.148. The van der Waals surface area contributed by atoms with Crippen molar-refractivity contribution in [3.8, 4) is 0 Å². The van der Waals surface area contributed by atoms with Gasteiger partial charge in [-0.15, -0.1) is 0 Å². The van der Waals surface area contributed by atoms with Gasteiger partial charge < -0.3 is 14.5 Å². The topological polar surface area (TPSA) is 81.8 Å². The summed E-state index contributed by atoms with van der Waals surface area (Å²) in [6, 6.07) is 1.82. The van der Waals surface area contributed by atoms with E-state index in [9.17, 15) is 9.59 Å². The molecule has 0 bridgehead atoms. The quantitative estimate of drug-likeness (QED) is 0.810. The first-order chi connectivity index (χ1) is 12.3. The summed E-state index contributed by atoms with van der Waals surface area (Å²) in [5.74, 6) is 0.769. The van der Waals surface area contributed by atoms with Gasteiger partial charge in [-0.2, -0.15) is 0 Å². The summed E-state index contributed by atoms with van der Waals surface area (Å²) in [5, 5.41) is 0. The first kappa shape index (κ1) is 18.8. The first-order valence-electron chi connectivity index (χ1n) is 9.23. The number of aromatic amines is 1. The van der Waals surface area contributed by atoms with Crippen molar-refractivity contribution in [3.63, 3.8) is 0 Å². The zero-order chi connectivity index (χ0) is 18.8. The third-order valence-corrected chi connectivity index (χ3v) is 5.41. The lowest BCUT2D eigenvalue weighted by molar-refractivity contribution is -0.136. The molecule has 8 nitrogen and oxygen atoms in total. The van der Waals surface area contributed by atoms with E-state index >= 15 is 0 Å². The van der Waals surface area contributed by atoms with Crippen LogP contribution >= 0.6 is 0 Å². The van der Waals surface area contributed by atoms with Crippen LogP contribution in [0.4, 0.5) is 5.95 Å². The Hall–Kier alpha value is -1.93. The lowest BCUT2D eigenvalue weighted by atomic mass is 10.0. The molecule has 3 atom stereocenters. The molecular formula is C18H29N5O3. The fourth-order valence-corrected chi connectivity index (χ4v) is 3.76. The van der Waals surface area contributed by atoms with Crippen LogP contribution in [0.5, 0.6) is 0 Å². The molecule has 1 amide bonds. The number of amides is 1. The van der Waals surface area contributed by atoms with Gasteiger partial charge in [-0.25, -0.2) is 4.98 Å². The second-order valence-electron chi connectivity index (χ2n) is 7.57. The van der Waals surface area contributed by atoms with Crippen LogP contribution in [0.1, 0.15) is 25.5 Å². The van der Waals surface area contributed by atoms with Crippen molar-refractivity contribution in [2.45, 2.75) is 38.5 Å². The third-order valence-electron chi connectivity index (χ3n) is 5.41. The molecule has 0 spiro atoms. The average molecular weight is 363 g/mol.